The molecule has 0 unspecified atom stereocenters. The Morgan fingerprint density at radius 2 is 1.73 bits per heavy atom. The number of aromatic nitrogens is 1. The summed E-state index contributed by atoms with van der Waals surface area (Å²) in [6, 6.07) is 22.4. The van der Waals surface area contributed by atoms with E-state index >= 15 is 0 Å². The Hall–Kier alpha value is -3.19. The lowest BCUT2D eigenvalue weighted by molar-refractivity contribution is 0.306. The first kappa shape index (κ1) is 16.3. The Balaban J connectivity index is 1.49. The number of aromatic amines is 1. The minimum atomic E-state index is 0.556. The third-order valence-corrected chi connectivity index (χ3v) is 4.75. The molecule has 1 saturated heterocycles. The quantitative estimate of drug-likeness (QED) is 0.728. The van der Waals surface area contributed by atoms with Gasteiger partial charge in [-0.1, -0.05) is 30.3 Å². The van der Waals surface area contributed by atoms with Crippen LogP contribution in [0.15, 0.2) is 60.7 Å². The van der Waals surface area contributed by atoms with Crippen LogP contribution in [-0.4, -0.2) is 18.1 Å². The van der Waals surface area contributed by atoms with Gasteiger partial charge in [0.25, 0.3) is 0 Å². The molecule has 4 nitrogen and oxygen atoms in total. The van der Waals surface area contributed by atoms with E-state index in [0.717, 1.165) is 41.5 Å². The van der Waals surface area contributed by atoms with Gasteiger partial charge < -0.3 is 14.6 Å². The first-order chi connectivity index (χ1) is 12.8. The summed E-state index contributed by atoms with van der Waals surface area (Å²) in [6.45, 7) is 2.59. The standard InChI is InChI=1S/C22H21N3O/c23-15-19-14-21(24-22(19)25-12-4-5-13-25)18-8-10-20(11-9-18)26-16-17-6-2-1-3-7-17/h1-3,6-11,14,24H,4-5,12-13,16H2. The number of benzene rings is 2. The Labute approximate surface area is 153 Å². The van der Waals surface area contributed by atoms with Gasteiger partial charge in [0, 0.05) is 18.8 Å². The van der Waals surface area contributed by atoms with Crippen molar-refractivity contribution in [3.05, 3.63) is 71.8 Å². The SMILES string of the molecule is N#Cc1cc(-c2ccc(OCc3ccccc3)cc2)[nH]c1N1CCCC1. The molecule has 0 radical (unpaired) electrons. The average molecular weight is 343 g/mol. The zero-order valence-corrected chi connectivity index (χ0v) is 14.6. The van der Waals surface area contributed by atoms with Crippen molar-refractivity contribution >= 4 is 5.82 Å². The Morgan fingerprint density at radius 1 is 1.00 bits per heavy atom. The molecule has 1 aromatic heterocycles. The second-order valence-electron chi connectivity index (χ2n) is 6.55. The summed E-state index contributed by atoms with van der Waals surface area (Å²) < 4.78 is 5.84. The maximum absolute atomic E-state index is 9.44. The van der Waals surface area contributed by atoms with Gasteiger partial charge in [0.05, 0.1) is 5.56 Å². The highest BCUT2D eigenvalue weighted by molar-refractivity contribution is 5.70. The number of hydrogen-bond acceptors (Lipinski definition) is 3. The smallest absolute Gasteiger partial charge is 0.124 e. The number of hydrogen-bond donors (Lipinski definition) is 1. The molecule has 1 aliphatic heterocycles. The van der Waals surface area contributed by atoms with E-state index in [9.17, 15) is 5.26 Å². The largest absolute Gasteiger partial charge is 0.489 e. The van der Waals surface area contributed by atoms with Crippen LogP contribution in [0.4, 0.5) is 5.82 Å². The van der Waals surface area contributed by atoms with Crippen molar-refractivity contribution in [1.29, 1.82) is 5.26 Å². The van der Waals surface area contributed by atoms with Gasteiger partial charge in [-0.3, -0.25) is 0 Å². The van der Waals surface area contributed by atoms with Crippen LogP contribution < -0.4 is 9.64 Å². The number of H-pyrrole nitrogens is 1. The van der Waals surface area contributed by atoms with Gasteiger partial charge in [-0.05, 0) is 54.3 Å². The maximum atomic E-state index is 9.44. The molecule has 1 fully saturated rings. The molecule has 0 saturated carbocycles. The lowest BCUT2D eigenvalue weighted by atomic mass is 10.1. The van der Waals surface area contributed by atoms with Gasteiger partial charge in [-0.2, -0.15) is 5.26 Å². The van der Waals surface area contributed by atoms with Crippen LogP contribution >= 0.6 is 0 Å². The van der Waals surface area contributed by atoms with Crippen molar-refractivity contribution in [3.63, 3.8) is 0 Å². The number of rotatable bonds is 5. The predicted molar refractivity (Wildman–Crippen MR) is 103 cm³/mol. The molecule has 0 aliphatic carbocycles. The topological polar surface area (TPSA) is 52.0 Å². The first-order valence-corrected chi connectivity index (χ1v) is 8.99. The van der Waals surface area contributed by atoms with Crippen LogP contribution in [0.2, 0.25) is 0 Å². The molecule has 4 rings (SSSR count). The normalized spacial score (nSPS) is 13.6. The van der Waals surface area contributed by atoms with E-state index in [4.69, 9.17) is 4.74 Å². The fourth-order valence-corrected chi connectivity index (χ4v) is 3.35. The monoisotopic (exact) mass is 343 g/mol. The molecule has 2 heterocycles. The van der Waals surface area contributed by atoms with E-state index in [1.165, 1.54) is 12.8 Å². The minimum absolute atomic E-state index is 0.556. The van der Waals surface area contributed by atoms with E-state index in [0.29, 0.717) is 12.2 Å². The van der Waals surface area contributed by atoms with Gasteiger partial charge in [0.1, 0.15) is 24.2 Å². The zero-order chi connectivity index (χ0) is 17.8. The number of anilines is 1. The number of nitrogens with zero attached hydrogens (tertiary/aromatic N) is 2. The van der Waals surface area contributed by atoms with Gasteiger partial charge >= 0.3 is 0 Å². The highest BCUT2D eigenvalue weighted by Crippen LogP contribution is 2.30. The van der Waals surface area contributed by atoms with Crippen molar-refractivity contribution in [3.8, 4) is 23.1 Å². The molecule has 0 atom stereocenters. The highest BCUT2D eigenvalue weighted by Gasteiger charge is 2.19. The summed E-state index contributed by atoms with van der Waals surface area (Å²) in [4.78, 5) is 5.69. The second kappa shape index (κ2) is 7.37. The summed E-state index contributed by atoms with van der Waals surface area (Å²) >= 11 is 0. The Morgan fingerprint density at radius 3 is 2.42 bits per heavy atom. The highest BCUT2D eigenvalue weighted by atomic mass is 16.5. The summed E-state index contributed by atoms with van der Waals surface area (Å²) in [5.74, 6) is 1.79. The summed E-state index contributed by atoms with van der Waals surface area (Å²) in [6.07, 6.45) is 2.37. The molecule has 1 aliphatic rings. The molecule has 0 amide bonds. The Bertz CT molecular complexity index is 901. The Kier molecular flexibility index (Phi) is 4.61. The first-order valence-electron chi connectivity index (χ1n) is 8.99. The third-order valence-electron chi connectivity index (χ3n) is 4.75. The van der Waals surface area contributed by atoms with Crippen LogP contribution in [-0.2, 0) is 6.61 Å². The van der Waals surface area contributed by atoms with Crippen LogP contribution in [0, 0.1) is 11.3 Å². The van der Waals surface area contributed by atoms with E-state index in [-0.39, 0.29) is 0 Å². The lowest BCUT2D eigenvalue weighted by Gasteiger charge is -2.15. The minimum Gasteiger partial charge on any atom is -0.489 e. The van der Waals surface area contributed by atoms with E-state index in [1.807, 2.05) is 48.5 Å². The molecule has 0 bridgehead atoms. The van der Waals surface area contributed by atoms with Gasteiger partial charge in [0.15, 0.2) is 0 Å². The van der Waals surface area contributed by atoms with E-state index in [1.54, 1.807) is 0 Å². The maximum Gasteiger partial charge on any atom is 0.124 e. The van der Waals surface area contributed by atoms with Crippen molar-refractivity contribution < 1.29 is 4.74 Å². The van der Waals surface area contributed by atoms with Crippen LogP contribution in [0.1, 0.15) is 24.0 Å². The van der Waals surface area contributed by atoms with Crippen LogP contribution in [0.25, 0.3) is 11.3 Å². The summed E-state index contributed by atoms with van der Waals surface area (Å²) in [5.41, 5.74) is 3.89. The molecule has 0 spiro atoms. The van der Waals surface area contributed by atoms with E-state index < -0.39 is 0 Å². The molecule has 130 valence electrons. The second-order valence-corrected chi connectivity index (χ2v) is 6.55. The van der Waals surface area contributed by atoms with Gasteiger partial charge in [-0.15, -0.1) is 0 Å². The van der Waals surface area contributed by atoms with E-state index in [2.05, 4.69) is 28.1 Å². The van der Waals surface area contributed by atoms with Crippen molar-refractivity contribution in [1.82, 2.24) is 4.98 Å². The zero-order valence-electron chi connectivity index (χ0n) is 14.6. The summed E-state index contributed by atoms with van der Waals surface area (Å²) in [7, 11) is 0. The third kappa shape index (κ3) is 3.43. The molecule has 2 aromatic carbocycles. The molecule has 1 N–H and O–H groups in total. The fraction of sp³-hybridized carbons (Fsp3) is 0.227. The molecule has 26 heavy (non-hydrogen) atoms. The molecular weight excluding hydrogens is 322 g/mol. The van der Waals surface area contributed by atoms with Crippen molar-refractivity contribution in [2.75, 3.05) is 18.0 Å². The molecule has 4 heteroatoms. The molecular formula is C22H21N3O. The fourth-order valence-electron chi connectivity index (χ4n) is 3.35. The predicted octanol–water partition coefficient (Wildman–Crippen LogP) is 4.73. The summed E-state index contributed by atoms with van der Waals surface area (Å²) in [5, 5.41) is 9.44. The van der Waals surface area contributed by atoms with Crippen LogP contribution in [0.5, 0.6) is 5.75 Å². The van der Waals surface area contributed by atoms with Gasteiger partial charge in [0.2, 0.25) is 0 Å². The lowest BCUT2D eigenvalue weighted by Crippen LogP contribution is -2.18. The number of nitriles is 1. The van der Waals surface area contributed by atoms with Gasteiger partial charge in [-0.25, -0.2) is 0 Å². The molecule has 3 aromatic rings. The number of ether oxygens (including phenoxy) is 1. The average Bonchev–Trinajstić information content (AvgIpc) is 3.37. The van der Waals surface area contributed by atoms with Crippen molar-refractivity contribution in [2.45, 2.75) is 19.4 Å². The number of nitrogens with one attached hydrogen (secondary N) is 1. The van der Waals surface area contributed by atoms with Crippen LogP contribution in [0.3, 0.4) is 0 Å². The van der Waals surface area contributed by atoms with Crippen molar-refractivity contribution in [2.24, 2.45) is 0 Å².